The van der Waals surface area contributed by atoms with Gasteiger partial charge in [-0.2, -0.15) is 18.4 Å². The molecule has 0 spiro atoms. The molecule has 0 aliphatic heterocycles. The number of rotatable bonds is 4. The molecule has 9 heteroatoms. The molecule has 0 aromatic heterocycles. The highest BCUT2D eigenvalue weighted by Gasteiger charge is 2.41. The second kappa shape index (κ2) is 5.90. The van der Waals surface area contributed by atoms with Gasteiger partial charge in [-0.1, -0.05) is 12.1 Å². The summed E-state index contributed by atoms with van der Waals surface area (Å²) in [6.07, 6.45) is -9.83. The van der Waals surface area contributed by atoms with Crippen LogP contribution >= 0.6 is 0 Å². The fourth-order valence-electron chi connectivity index (χ4n) is 1.16. The van der Waals surface area contributed by atoms with Crippen molar-refractivity contribution < 1.29 is 35.8 Å². The molecule has 1 aromatic carbocycles. The van der Waals surface area contributed by atoms with Crippen molar-refractivity contribution in [1.29, 1.82) is 5.26 Å². The Hall–Kier alpha value is -2.11. The molecule has 1 aromatic rings. The Morgan fingerprint density at radius 2 is 1.60 bits per heavy atom. The Bertz CT molecular complexity index is 491. The highest BCUT2D eigenvalue weighted by atomic mass is 19.4. The Balaban J connectivity index is 2.81. The average molecular weight is 299 g/mol. The summed E-state index contributed by atoms with van der Waals surface area (Å²) in [7, 11) is 0. The highest BCUT2D eigenvalue weighted by molar-refractivity contribution is 5.39. The van der Waals surface area contributed by atoms with Gasteiger partial charge in [-0.25, -0.2) is 0 Å². The van der Waals surface area contributed by atoms with Crippen molar-refractivity contribution in [2.45, 2.75) is 12.5 Å². The molecule has 0 amide bonds. The fraction of sp³-hybridized carbons (Fsp3) is 0.364. The van der Waals surface area contributed by atoms with Gasteiger partial charge < -0.3 is 9.47 Å². The van der Waals surface area contributed by atoms with Crippen LogP contribution < -0.4 is 9.47 Å². The number of hydrogen-bond acceptors (Lipinski definition) is 3. The number of alkyl halides is 6. The maximum Gasteiger partial charge on any atom is 0.573 e. The van der Waals surface area contributed by atoms with Crippen LogP contribution in [0.5, 0.6) is 11.5 Å². The molecule has 0 aliphatic carbocycles. The van der Waals surface area contributed by atoms with Gasteiger partial charge >= 0.3 is 12.5 Å². The number of hydrogen-bond donors (Lipinski definition) is 0. The van der Waals surface area contributed by atoms with Gasteiger partial charge in [0.1, 0.15) is 6.61 Å². The Morgan fingerprint density at radius 1 is 1.05 bits per heavy atom. The minimum atomic E-state index is -5.00. The third-order valence-corrected chi connectivity index (χ3v) is 2.03. The topological polar surface area (TPSA) is 42.2 Å². The molecule has 0 saturated heterocycles. The number of benzene rings is 1. The third kappa shape index (κ3) is 4.87. The van der Waals surface area contributed by atoms with Crippen LogP contribution in [0.4, 0.5) is 26.3 Å². The fourth-order valence-corrected chi connectivity index (χ4v) is 1.16. The van der Waals surface area contributed by atoms with E-state index in [2.05, 4.69) is 9.47 Å². The summed E-state index contributed by atoms with van der Waals surface area (Å²) in [5.41, 5.74) is 0. The van der Waals surface area contributed by atoms with E-state index >= 15 is 0 Å². The molecular weight excluding hydrogens is 292 g/mol. The van der Waals surface area contributed by atoms with Crippen LogP contribution in [-0.4, -0.2) is 19.1 Å². The van der Waals surface area contributed by atoms with Crippen molar-refractivity contribution in [2.75, 3.05) is 6.61 Å². The van der Waals surface area contributed by atoms with Crippen molar-refractivity contribution in [1.82, 2.24) is 0 Å². The van der Waals surface area contributed by atoms with Crippen molar-refractivity contribution in [3.8, 4) is 17.6 Å². The minimum absolute atomic E-state index is 0.533. The second-order valence-corrected chi connectivity index (χ2v) is 3.53. The van der Waals surface area contributed by atoms with Crippen LogP contribution in [-0.2, 0) is 0 Å². The Labute approximate surface area is 109 Å². The maximum absolute atomic E-state index is 12.3. The van der Waals surface area contributed by atoms with Crippen LogP contribution in [0.2, 0.25) is 0 Å². The first-order chi connectivity index (χ1) is 9.13. The van der Waals surface area contributed by atoms with Crippen molar-refractivity contribution in [3.63, 3.8) is 0 Å². The summed E-state index contributed by atoms with van der Waals surface area (Å²) in [4.78, 5) is 0. The summed E-state index contributed by atoms with van der Waals surface area (Å²) < 4.78 is 81.2. The van der Waals surface area contributed by atoms with Crippen molar-refractivity contribution in [2.24, 2.45) is 5.92 Å². The van der Waals surface area contributed by atoms with Gasteiger partial charge in [0.15, 0.2) is 17.4 Å². The number of para-hydroxylation sites is 2. The van der Waals surface area contributed by atoms with E-state index in [1.165, 1.54) is 12.1 Å². The monoisotopic (exact) mass is 299 g/mol. The van der Waals surface area contributed by atoms with Crippen molar-refractivity contribution >= 4 is 0 Å². The van der Waals surface area contributed by atoms with Gasteiger partial charge in [0.2, 0.25) is 0 Å². The lowest BCUT2D eigenvalue weighted by Gasteiger charge is -2.17. The van der Waals surface area contributed by atoms with Crippen LogP contribution in [0.1, 0.15) is 0 Å². The molecular formula is C11H7F6NO2. The molecule has 0 radical (unpaired) electrons. The van der Waals surface area contributed by atoms with Gasteiger partial charge in [-0.3, -0.25) is 0 Å². The molecule has 0 aliphatic rings. The summed E-state index contributed by atoms with van der Waals surface area (Å²) in [6.45, 7) is -1.13. The van der Waals surface area contributed by atoms with E-state index < -0.39 is 36.6 Å². The SMILES string of the molecule is N#CC(COc1ccccc1OC(F)(F)F)C(F)(F)F. The summed E-state index contributed by atoms with van der Waals surface area (Å²) in [5.74, 6) is -3.75. The quantitative estimate of drug-likeness (QED) is 0.797. The summed E-state index contributed by atoms with van der Waals surface area (Å²) in [6, 6.07) is 5.31. The number of halogens is 6. The molecule has 1 atom stereocenters. The molecule has 1 unspecified atom stereocenters. The number of nitrogens with zero attached hydrogens (tertiary/aromatic N) is 1. The Morgan fingerprint density at radius 3 is 2.05 bits per heavy atom. The molecule has 1 rings (SSSR count). The number of nitriles is 1. The molecule has 20 heavy (non-hydrogen) atoms. The minimum Gasteiger partial charge on any atom is -0.488 e. The van der Waals surface area contributed by atoms with E-state index in [9.17, 15) is 26.3 Å². The zero-order valence-electron chi connectivity index (χ0n) is 9.63. The van der Waals surface area contributed by atoms with Gasteiger partial charge in [0, 0.05) is 0 Å². The van der Waals surface area contributed by atoms with E-state index in [-0.39, 0.29) is 0 Å². The lowest BCUT2D eigenvalue weighted by molar-refractivity contribution is -0.275. The molecule has 0 heterocycles. The van der Waals surface area contributed by atoms with E-state index in [1.807, 2.05) is 0 Å². The molecule has 3 nitrogen and oxygen atoms in total. The maximum atomic E-state index is 12.3. The van der Waals surface area contributed by atoms with E-state index in [1.54, 1.807) is 0 Å². The van der Waals surface area contributed by atoms with E-state index in [0.717, 1.165) is 18.2 Å². The van der Waals surface area contributed by atoms with Crippen LogP contribution in [0, 0.1) is 17.2 Å². The second-order valence-electron chi connectivity index (χ2n) is 3.53. The first-order valence-electron chi connectivity index (χ1n) is 5.07. The predicted octanol–water partition coefficient (Wildman–Crippen LogP) is 3.67. The predicted molar refractivity (Wildman–Crippen MR) is 53.8 cm³/mol. The molecule has 0 bridgehead atoms. The normalized spacial score (nSPS) is 13.4. The standard InChI is InChI=1S/C11H7F6NO2/c12-10(13,14)7(5-18)6-19-8-3-1-2-4-9(8)20-11(15,16)17/h1-4,7H,6H2. The molecule has 0 N–H and O–H groups in total. The third-order valence-electron chi connectivity index (χ3n) is 2.03. The van der Waals surface area contributed by atoms with E-state index in [4.69, 9.17) is 5.26 Å². The van der Waals surface area contributed by atoms with Gasteiger partial charge in [0.25, 0.3) is 0 Å². The first kappa shape index (κ1) is 15.9. The number of ether oxygens (including phenoxy) is 2. The largest absolute Gasteiger partial charge is 0.573 e. The first-order valence-corrected chi connectivity index (χ1v) is 5.07. The molecule has 110 valence electrons. The highest BCUT2D eigenvalue weighted by Crippen LogP contribution is 2.33. The van der Waals surface area contributed by atoms with Gasteiger partial charge in [0.05, 0.1) is 6.07 Å². The molecule has 0 saturated carbocycles. The smallest absolute Gasteiger partial charge is 0.488 e. The van der Waals surface area contributed by atoms with E-state index in [0.29, 0.717) is 0 Å². The lowest BCUT2D eigenvalue weighted by atomic mass is 10.2. The van der Waals surface area contributed by atoms with Gasteiger partial charge in [-0.05, 0) is 12.1 Å². The Kier molecular flexibility index (Phi) is 4.70. The van der Waals surface area contributed by atoms with Crippen LogP contribution in [0.3, 0.4) is 0 Å². The van der Waals surface area contributed by atoms with Crippen LogP contribution in [0.25, 0.3) is 0 Å². The lowest BCUT2D eigenvalue weighted by Crippen LogP contribution is -2.27. The van der Waals surface area contributed by atoms with Crippen molar-refractivity contribution in [3.05, 3.63) is 24.3 Å². The summed E-state index contributed by atoms with van der Waals surface area (Å²) in [5, 5.41) is 8.33. The zero-order valence-corrected chi connectivity index (χ0v) is 9.63. The summed E-state index contributed by atoms with van der Waals surface area (Å²) >= 11 is 0. The molecule has 0 fully saturated rings. The zero-order chi connectivity index (χ0) is 15.4. The van der Waals surface area contributed by atoms with Crippen LogP contribution in [0.15, 0.2) is 24.3 Å². The average Bonchev–Trinajstić information content (AvgIpc) is 2.28. The van der Waals surface area contributed by atoms with Gasteiger partial charge in [-0.15, -0.1) is 13.2 Å².